The lowest BCUT2D eigenvalue weighted by atomic mass is 9.81. The number of nitrogens with two attached hydrogens (primary N) is 1. The molecule has 1 fully saturated rings. The summed E-state index contributed by atoms with van der Waals surface area (Å²) in [6.07, 6.45) is 6.22. The monoisotopic (exact) mass is 371 g/mol. The zero-order chi connectivity index (χ0) is 18.9. The largest absolute Gasteiger partial charge is 0.492 e. The second-order valence-electron chi connectivity index (χ2n) is 7.80. The predicted molar refractivity (Wildman–Crippen MR) is 106 cm³/mol. The Morgan fingerprint density at radius 1 is 1.33 bits per heavy atom. The Labute approximate surface area is 157 Å². The van der Waals surface area contributed by atoms with Gasteiger partial charge < -0.3 is 20.4 Å². The van der Waals surface area contributed by atoms with Gasteiger partial charge in [-0.1, -0.05) is 6.92 Å². The minimum atomic E-state index is -0.237. The summed E-state index contributed by atoms with van der Waals surface area (Å²) in [6.45, 7) is 5.54. The van der Waals surface area contributed by atoms with Gasteiger partial charge >= 0.3 is 0 Å². The molecule has 0 saturated carbocycles. The molecule has 3 aromatic heterocycles. The van der Waals surface area contributed by atoms with Gasteiger partial charge in [-0.05, 0) is 44.5 Å². The molecule has 27 heavy (non-hydrogen) atoms. The molecule has 0 unspecified atom stereocenters. The van der Waals surface area contributed by atoms with Gasteiger partial charge in [0.25, 0.3) is 0 Å². The Bertz CT molecular complexity index is 933. The summed E-state index contributed by atoms with van der Waals surface area (Å²) in [5.41, 5.74) is 7.67. The number of nitrogen functional groups attached to an aromatic ring is 1. The molecule has 4 heterocycles. The molecule has 0 aromatic carbocycles. The topological polar surface area (TPSA) is 80.1 Å². The molecule has 0 radical (unpaired) electrons. The molecule has 6 nitrogen and oxygen atoms in total. The zero-order valence-corrected chi connectivity index (χ0v) is 15.7. The second-order valence-corrected chi connectivity index (χ2v) is 7.80. The van der Waals surface area contributed by atoms with Crippen LogP contribution in [0.4, 0.5) is 10.2 Å². The van der Waals surface area contributed by atoms with Crippen molar-refractivity contribution < 1.29 is 9.13 Å². The van der Waals surface area contributed by atoms with Crippen LogP contribution in [-0.2, 0) is 0 Å². The summed E-state index contributed by atoms with van der Waals surface area (Å²) < 4.78 is 18.7. The average molecular weight is 371 g/mol. The van der Waals surface area contributed by atoms with Crippen LogP contribution in [0.15, 0.2) is 24.5 Å². The standard InChI is InChI=1S/C20H26FN5O/c1-20(4-9-26(10-5-20)8-2-6-21)13-27-16-3-7-23-19-18(16)14-11-17(22)24-12-15(14)25-19/h3,7,11-12H,2,4-6,8-10,13H2,1H3,(H2,22,24)(H,23,25). The number of fused-ring (bicyclic) bond motifs is 3. The van der Waals surface area contributed by atoms with Crippen LogP contribution in [0.2, 0.25) is 0 Å². The first kappa shape index (κ1) is 18.0. The van der Waals surface area contributed by atoms with Gasteiger partial charge in [0.15, 0.2) is 0 Å². The highest BCUT2D eigenvalue weighted by Gasteiger charge is 2.31. The molecule has 144 valence electrons. The number of alkyl halides is 1. The highest BCUT2D eigenvalue weighted by molar-refractivity contribution is 6.09. The van der Waals surface area contributed by atoms with Crippen molar-refractivity contribution in [1.82, 2.24) is 19.9 Å². The van der Waals surface area contributed by atoms with Gasteiger partial charge in [0.05, 0.1) is 30.4 Å². The first-order chi connectivity index (χ1) is 13.1. The molecule has 0 atom stereocenters. The molecule has 1 aliphatic rings. The van der Waals surface area contributed by atoms with E-state index in [1.807, 2.05) is 12.1 Å². The highest BCUT2D eigenvalue weighted by Crippen LogP contribution is 2.36. The van der Waals surface area contributed by atoms with E-state index in [9.17, 15) is 4.39 Å². The van der Waals surface area contributed by atoms with Crippen molar-refractivity contribution in [1.29, 1.82) is 0 Å². The second kappa shape index (κ2) is 7.31. The summed E-state index contributed by atoms with van der Waals surface area (Å²) in [5.74, 6) is 1.30. The van der Waals surface area contributed by atoms with Crippen molar-refractivity contribution in [3.8, 4) is 5.75 Å². The van der Waals surface area contributed by atoms with E-state index in [1.54, 1.807) is 12.4 Å². The maximum absolute atomic E-state index is 12.4. The van der Waals surface area contributed by atoms with Crippen molar-refractivity contribution in [2.75, 3.05) is 38.6 Å². The van der Waals surface area contributed by atoms with E-state index in [0.29, 0.717) is 18.8 Å². The van der Waals surface area contributed by atoms with E-state index in [2.05, 4.69) is 26.8 Å². The molecule has 0 spiro atoms. The SMILES string of the molecule is CC1(COc2ccnc3[nH]c4cnc(N)cc4c23)CCN(CCCF)CC1. The molecule has 1 saturated heterocycles. The smallest absolute Gasteiger partial charge is 0.142 e. The van der Waals surface area contributed by atoms with Crippen LogP contribution in [0.1, 0.15) is 26.2 Å². The zero-order valence-electron chi connectivity index (χ0n) is 15.7. The molecule has 1 aliphatic heterocycles. The molecule has 4 rings (SSSR count). The van der Waals surface area contributed by atoms with Crippen LogP contribution in [0, 0.1) is 5.41 Å². The molecule has 3 aromatic rings. The van der Waals surface area contributed by atoms with Crippen LogP contribution < -0.4 is 10.5 Å². The minimum absolute atomic E-state index is 0.120. The molecule has 0 aliphatic carbocycles. The van der Waals surface area contributed by atoms with E-state index in [1.165, 1.54) is 0 Å². The average Bonchev–Trinajstić information content (AvgIpc) is 3.04. The number of rotatable bonds is 6. The van der Waals surface area contributed by atoms with E-state index < -0.39 is 0 Å². The summed E-state index contributed by atoms with van der Waals surface area (Å²) in [5, 5.41) is 1.93. The van der Waals surface area contributed by atoms with Crippen molar-refractivity contribution in [2.24, 2.45) is 5.41 Å². The van der Waals surface area contributed by atoms with Gasteiger partial charge in [-0.25, -0.2) is 9.97 Å². The first-order valence-electron chi connectivity index (χ1n) is 9.51. The molecule has 7 heteroatoms. The third kappa shape index (κ3) is 3.69. The Balaban J connectivity index is 1.51. The number of piperidine rings is 1. The van der Waals surface area contributed by atoms with E-state index in [4.69, 9.17) is 10.5 Å². The van der Waals surface area contributed by atoms with Gasteiger partial charge in [0.1, 0.15) is 17.2 Å². The fourth-order valence-corrected chi connectivity index (χ4v) is 3.82. The third-order valence-corrected chi connectivity index (χ3v) is 5.61. The van der Waals surface area contributed by atoms with Crippen molar-refractivity contribution in [2.45, 2.75) is 26.2 Å². The lowest BCUT2D eigenvalue weighted by Gasteiger charge is -2.39. The van der Waals surface area contributed by atoms with Crippen molar-refractivity contribution in [3.63, 3.8) is 0 Å². The summed E-state index contributed by atoms with van der Waals surface area (Å²) >= 11 is 0. The lowest BCUT2D eigenvalue weighted by Crippen LogP contribution is -2.41. The fourth-order valence-electron chi connectivity index (χ4n) is 3.82. The number of likely N-dealkylation sites (tertiary alicyclic amines) is 1. The van der Waals surface area contributed by atoms with Crippen LogP contribution in [0.5, 0.6) is 5.75 Å². The number of nitrogens with one attached hydrogen (secondary N) is 1. The predicted octanol–water partition coefficient (Wildman–Crippen LogP) is 3.53. The van der Waals surface area contributed by atoms with Gasteiger partial charge in [0, 0.05) is 23.5 Å². The molecule has 0 bridgehead atoms. The Kier molecular flexibility index (Phi) is 4.86. The highest BCUT2D eigenvalue weighted by atomic mass is 19.1. The van der Waals surface area contributed by atoms with Crippen LogP contribution >= 0.6 is 0 Å². The van der Waals surface area contributed by atoms with Crippen molar-refractivity contribution in [3.05, 3.63) is 24.5 Å². The summed E-state index contributed by atoms with van der Waals surface area (Å²) in [6, 6.07) is 3.76. The van der Waals surface area contributed by atoms with Gasteiger partial charge in [-0.2, -0.15) is 0 Å². The Morgan fingerprint density at radius 2 is 2.15 bits per heavy atom. The quantitative estimate of drug-likeness (QED) is 0.693. The molecule has 0 amide bonds. The van der Waals surface area contributed by atoms with Gasteiger partial charge in [-0.3, -0.25) is 4.39 Å². The van der Waals surface area contributed by atoms with Crippen LogP contribution in [0.3, 0.4) is 0 Å². The Hall–Kier alpha value is -2.41. The fraction of sp³-hybridized carbons (Fsp3) is 0.500. The number of halogens is 1. The molecular formula is C20H26FN5O. The number of nitrogens with zero attached hydrogens (tertiary/aromatic N) is 3. The van der Waals surface area contributed by atoms with Crippen LogP contribution in [0.25, 0.3) is 21.9 Å². The summed E-state index contributed by atoms with van der Waals surface area (Å²) in [4.78, 5) is 14.2. The van der Waals surface area contributed by atoms with E-state index in [0.717, 1.165) is 60.2 Å². The Morgan fingerprint density at radius 3 is 2.93 bits per heavy atom. The molecular weight excluding hydrogens is 345 g/mol. The molecule has 3 N–H and O–H groups in total. The number of aromatic nitrogens is 3. The number of H-pyrrole nitrogens is 1. The maximum Gasteiger partial charge on any atom is 0.142 e. The van der Waals surface area contributed by atoms with Crippen molar-refractivity contribution >= 4 is 27.8 Å². The number of hydrogen-bond donors (Lipinski definition) is 2. The first-order valence-corrected chi connectivity index (χ1v) is 9.51. The number of aromatic amines is 1. The normalized spacial score (nSPS) is 17.6. The van der Waals surface area contributed by atoms with Crippen LogP contribution in [-0.4, -0.2) is 52.8 Å². The number of hydrogen-bond acceptors (Lipinski definition) is 5. The van der Waals surface area contributed by atoms with E-state index in [-0.39, 0.29) is 12.1 Å². The minimum Gasteiger partial charge on any atom is -0.492 e. The maximum atomic E-state index is 12.4. The lowest BCUT2D eigenvalue weighted by molar-refractivity contribution is 0.0683. The van der Waals surface area contributed by atoms with E-state index >= 15 is 0 Å². The third-order valence-electron chi connectivity index (χ3n) is 5.61. The number of ether oxygens (including phenoxy) is 1. The van der Waals surface area contributed by atoms with Gasteiger partial charge in [-0.15, -0.1) is 0 Å². The van der Waals surface area contributed by atoms with Gasteiger partial charge in [0.2, 0.25) is 0 Å². The summed E-state index contributed by atoms with van der Waals surface area (Å²) in [7, 11) is 0. The number of pyridine rings is 2. The number of anilines is 1.